The maximum atomic E-state index is 12.5. The molecule has 4 nitrogen and oxygen atoms in total. The second-order valence-corrected chi connectivity index (χ2v) is 6.82. The lowest BCUT2D eigenvalue weighted by molar-refractivity contribution is -0.121. The SMILES string of the molecule is Cc1ccccc1NC(=O)C1CCN(C(=O)c2cccc(Cl)c2)CC1. The molecule has 0 spiro atoms. The van der Waals surface area contributed by atoms with Crippen molar-refractivity contribution in [3.63, 3.8) is 0 Å². The van der Waals surface area contributed by atoms with Gasteiger partial charge in [-0.3, -0.25) is 9.59 Å². The van der Waals surface area contributed by atoms with Crippen molar-refractivity contribution in [2.45, 2.75) is 19.8 Å². The number of para-hydroxylation sites is 1. The quantitative estimate of drug-likeness (QED) is 0.898. The first kappa shape index (κ1) is 17.5. The maximum absolute atomic E-state index is 12.5. The number of nitrogens with one attached hydrogen (secondary N) is 1. The van der Waals surface area contributed by atoms with Crippen LogP contribution in [0.2, 0.25) is 5.02 Å². The average Bonchev–Trinajstić information content (AvgIpc) is 2.63. The van der Waals surface area contributed by atoms with Crippen LogP contribution >= 0.6 is 11.6 Å². The Bertz CT molecular complexity index is 783. The van der Waals surface area contributed by atoms with Gasteiger partial charge >= 0.3 is 0 Å². The minimum atomic E-state index is -0.0667. The van der Waals surface area contributed by atoms with Gasteiger partial charge in [0.15, 0.2) is 0 Å². The lowest BCUT2D eigenvalue weighted by Gasteiger charge is -2.31. The molecule has 1 aliphatic rings. The number of rotatable bonds is 3. The zero-order chi connectivity index (χ0) is 17.8. The van der Waals surface area contributed by atoms with Crippen LogP contribution in [0.5, 0.6) is 0 Å². The second-order valence-electron chi connectivity index (χ2n) is 6.38. The van der Waals surface area contributed by atoms with Crippen LogP contribution in [0.25, 0.3) is 0 Å². The number of benzene rings is 2. The Morgan fingerprint density at radius 1 is 1.08 bits per heavy atom. The first-order chi connectivity index (χ1) is 12.0. The Morgan fingerprint density at radius 3 is 2.48 bits per heavy atom. The molecule has 130 valence electrons. The summed E-state index contributed by atoms with van der Waals surface area (Å²) >= 11 is 5.96. The van der Waals surface area contributed by atoms with Gasteiger partial charge in [0.2, 0.25) is 5.91 Å². The van der Waals surface area contributed by atoms with Crippen LogP contribution in [0.4, 0.5) is 5.69 Å². The highest BCUT2D eigenvalue weighted by Gasteiger charge is 2.28. The van der Waals surface area contributed by atoms with E-state index in [9.17, 15) is 9.59 Å². The van der Waals surface area contributed by atoms with Crippen molar-refractivity contribution in [1.82, 2.24) is 4.90 Å². The first-order valence-electron chi connectivity index (χ1n) is 8.46. The molecule has 0 bridgehead atoms. The lowest BCUT2D eigenvalue weighted by Crippen LogP contribution is -2.41. The fourth-order valence-electron chi connectivity index (χ4n) is 3.10. The number of aryl methyl sites for hydroxylation is 1. The van der Waals surface area contributed by atoms with Crippen molar-refractivity contribution < 1.29 is 9.59 Å². The fraction of sp³-hybridized carbons (Fsp3) is 0.300. The third-order valence-electron chi connectivity index (χ3n) is 4.63. The van der Waals surface area contributed by atoms with E-state index in [0.29, 0.717) is 36.5 Å². The van der Waals surface area contributed by atoms with Gasteiger partial charge in [0.25, 0.3) is 5.91 Å². The van der Waals surface area contributed by atoms with Gasteiger partial charge in [0.1, 0.15) is 0 Å². The number of anilines is 1. The summed E-state index contributed by atoms with van der Waals surface area (Å²) in [6, 6.07) is 14.7. The summed E-state index contributed by atoms with van der Waals surface area (Å²) in [5.74, 6) is -0.0626. The summed E-state index contributed by atoms with van der Waals surface area (Å²) in [4.78, 5) is 26.8. The molecule has 3 rings (SSSR count). The molecule has 0 saturated carbocycles. The molecule has 5 heteroatoms. The molecule has 1 aliphatic heterocycles. The molecule has 1 heterocycles. The van der Waals surface area contributed by atoms with Crippen molar-refractivity contribution in [3.8, 4) is 0 Å². The van der Waals surface area contributed by atoms with Gasteiger partial charge in [-0.05, 0) is 49.6 Å². The number of likely N-dealkylation sites (tertiary alicyclic amines) is 1. The van der Waals surface area contributed by atoms with E-state index in [1.54, 1.807) is 29.2 Å². The van der Waals surface area contributed by atoms with Crippen LogP contribution < -0.4 is 5.32 Å². The van der Waals surface area contributed by atoms with Crippen LogP contribution in [-0.4, -0.2) is 29.8 Å². The normalized spacial score (nSPS) is 15.0. The molecule has 2 amide bonds. The number of hydrogen-bond acceptors (Lipinski definition) is 2. The van der Waals surface area contributed by atoms with E-state index in [-0.39, 0.29) is 17.7 Å². The predicted molar refractivity (Wildman–Crippen MR) is 99.9 cm³/mol. The molecule has 0 aliphatic carbocycles. The zero-order valence-electron chi connectivity index (χ0n) is 14.2. The molecule has 1 saturated heterocycles. The highest BCUT2D eigenvalue weighted by Crippen LogP contribution is 2.22. The summed E-state index contributed by atoms with van der Waals surface area (Å²) in [6.07, 6.45) is 1.34. The van der Waals surface area contributed by atoms with Crippen molar-refractivity contribution in [2.75, 3.05) is 18.4 Å². The van der Waals surface area contributed by atoms with Gasteiger partial charge < -0.3 is 10.2 Å². The van der Waals surface area contributed by atoms with E-state index in [1.165, 1.54) is 0 Å². The van der Waals surface area contributed by atoms with Crippen LogP contribution in [0.3, 0.4) is 0 Å². The van der Waals surface area contributed by atoms with Crippen molar-refractivity contribution in [3.05, 3.63) is 64.7 Å². The minimum Gasteiger partial charge on any atom is -0.339 e. The molecule has 0 unspecified atom stereocenters. The maximum Gasteiger partial charge on any atom is 0.253 e. The minimum absolute atomic E-state index is 0.0275. The van der Waals surface area contributed by atoms with Gasteiger partial charge in [-0.2, -0.15) is 0 Å². The van der Waals surface area contributed by atoms with Crippen LogP contribution in [0.15, 0.2) is 48.5 Å². The second kappa shape index (κ2) is 7.70. The summed E-state index contributed by atoms with van der Waals surface area (Å²) < 4.78 is 0. The van der Waals surface area contributed by atoms with E-state index < -0.39 is 0 Å². The number of piperidine rings is 1. The number of hydrogen-bond donors (Lipinski definition) is 1. The van der Waals surface area contributed by atoms with E-state index in [2.05, 4.69) is 5.32 Å². The largest absolute Gasteiger partial charge is 0.339 e. The highest BCUT2D eigenvalue weighted by atomic mass is 35.5. The third kappa shape index (κ3) is 4.20. The van der Waals surface area contributed by atoms with Crippen molar-refractivity contribution >= 4 is 29.1 Å². The molecule has 2 aromatic carbocycles. The third-order valence-corrected chi connectivity index (χ3v) is 4.86. The highest BCUT2D eigenvalue weighted by molar-refractivity contribution is 6.30. The van der Waals surface area contributed by atoms with Crippen molar-refractivity contribution in [2.24, 2.45) is 5.92 Å². The van der Waals surface area contributed by atoms with Gasteiger partial charge in [-0.25, -0.2) is 0 Å². The average molecular weight is 357 g/mol. The molecule has 0 aromatic heterocycles. The summed E-state index contributed by atoms with van der Waals surface area (Å²) in [7, 11) is 0. The molecule has 1 fully saturated rings. The smallest absolute Gasteiger partial charge is 0.253 e. The lowest BCUT2D eigenvalue weighted by atomic mass is 9.95. The van der Waals surface area contributed by atoms with Gasteiger partial charge in [0.05, 0.1) is 0 Å². The van der Waals surface area contributed by atoms with Crippen LogP contribution in [0, 0.1) is 12.8 Å². The Hall–Kier alpha value is -2.33. The summed E-state index contributed by atoms with van der Waals surface area (Å²) in [5.41, 5.74) is 2.49. The van der Waals surface area contributed by atoms with Gasteiger partial charge in [-0.15, -0.1) is 0 Å². The number of carbonyl (C=O) groups excluding carboxylic acids is 2. The Balaban J connectivity index is 1.57. The van der Waals surface area contributed by atoms with E-state index in [4.69, 9.17) is 11.6 Å². The van der Waals surface area contributed by atoms with E-state index in [1.807, 2.05) is 31.2 Å². The molecule has 0 atom stereocenters. The standard InChI is InChI=1S/C20H21ClN2O2/c1-14-5-2-3-8-18(14)22-19(24)15-9-11-23(12-10-15)20(25)16-6-4-7-17(21)13-16/h2-8,13,15H,9-12H2,1H3,(H,22,24). The Labute approximate surface area is 152 Å². The number of halogens is 1. The molecular formula is C20H21ClN2O2. The first-order valence-corrected chi connectivity index (χ1v) is 8.84. The Kier molecular flexibility index (Phi) is 5.39. The number of amides is 2. The Morgan fingerprint density at radius 2 is 1.80 bits per heavy atom. The van der Waals surface area contributed by atoms with E-state index >= 15 is 0 Å². The topological polar surface area (TPSA) is 49.4 Å². The molecule has 0 radical (unpaired) electrons. The van der Waals surface area contributed by atoms with Gasteiger partial charge in [0, 0.05) is 35.3 Å². The monoisotopic (exact) mass is 356 g/mol. The zero-order valence-corrected chi connectivity index (χ0v) is 14.9. The number of carbonyl (C=O) groups is 2. The summed E-state index contributed by atoms with van der Waals surface area (Å²) in [5, 5.41) is 3.56. The molecule has 1 N–H and O–H groups in total. The predicted octanol–water partition coefficient (Wildman–Crippen LogP) is 4.14. The van der Waals surface area contributed by atoms with Crippen molar-refractivity contribution in [1.29, 1.82) is 0 Å². The fourth-order valence-corrected chi connectivity index (χ4v) is 3.29. The summed E-state index contributed by atoms with van der Waals surface area (Å²) in [6.45, 7) is 3.14. The molecule has 2 aromatic rings. The molecular weight excluding hydrogens is 336 g/mol. The van der Waals surface area contributed by atoms with Crippen LogP contribution in [0.1, 0.15) is 28.8 Å². The van der Waals surface area contributed by atoms with Gasteiger partial charge in [-0.1, -0.05) is 35.9 Å². The van der Waals surface area contributed by atoms with Crippen LogP contribution in [-0.2, 0) is 4.79 Å². The van der Waals surface area contributed by atoms with E-state index in [0.717, 1.165) is 11.3 Å². The molecule has 25 heavy (non-hydrogen) atoms. The number of nitrogens with zero attached hydrogens (tertiary/aromatic N) is 1.